The molecule has 3 rings (SSSR count). The first-order valence-corrected chi connectivity index (χ1v) is 10.5. The summed E-state index contributed by atoms with van der Waals surface area (Å²) >= 11 is 0. The van der Waals surface area contributed by atoms with E-state index in [4.69, 9.17) is 4.74 Å². The molecule has 0 radical (unpaired) electrons. The third kappa shape index (κ3) is 4.15. The number of ether oxygens (including phenoxy) is 1. The Morgan fingerprint density at radius 2 is 1.81 bits per heavy atom. The van der Waals surface area contributed by atoms with E-state index in [2.05, 4.69) is 10.8 Å². The molecule has 27 heavy (non-hydrogen) atoms. The van der Waals surface area contributed by atoms with E-state index in [1.54, 1.807) is 31.4 Å². The second-order valence-corrected chi connectivity index (χ2v) is 8.85. The first-order chi connectivity index (χ1) is 12.9. The van der Waals surface area contributed by atoms with Crippen molar-refractivity contribution >= 4 is 10.0 Å². The summed E-state index contributed by atoms with van der Waals surface area (Å²) in [5.41, 5.74) is 1.35. The van der Waals surface area contributed by atoms with Crippen LogP contribution in [0.15, 0.2) is 53.4 Å². The average Bonchev–Trinajstić information content (AvgIpc) is 2.69. The number of nitriles is 1. The minimum atomic E-state index is -3.55. The SMILES string of the molecule is COc1cccc([C@]2(C#N)CC[C@@H](NS(=O)(=O)c3ccc(C)cc3)CC2)c1. The van der Waals surface area contributed by atoms with Gasteiger partial charge in [-0.3, -0.25) is 0 Å². The van der Waals surface area contributed by atoms with Crippen LogP contribution in [0.3, 0.4) is 0 Å². The number of hydrogen-bond donors (Lipinski definition) is 1. The minimum absolute atomic E-state index is 0.164. The fraction of sp³-hybridized carbons (Fsp3) is 0.381. The second-order valence-electron chi connectivity index (χ2n) is 7.13. The largest absolute Gasteiger partial charge is 0.497 e. The molecule has 0 heterocycles. The van der Waals surface area contributed by atoms with Gasteiger partial charge in [-0.15, -0.1) is 0 Å². The van der Waals surface area contributed by atoms with Crippen molar-refractivity contribution in [3.05, 3.63) is 59.7 Å². The monoisotopic (exact) mass is 384 g/mol. The lowest BCUT2D eigenvalue weighted by atomic mass is 9.69. The molecule has 142 valence electrons. The molecule has 0 bridgehead atoms. The van der Waals surface area contributed by atoms with Crippen LogP contribution in [0.25, 0.3) is 0 Å². The van der Waals surface area contributed by atoms with Crippen LogP contribution in [0.1, 0.15) is 36.8 Å². The van der Waals surface area contributed by atoms with Gasteiger partial charge in [-0.1, -0.05) is 29.8 Å². The molecule has 5 nitrogen and oxygen atoms in total. The highest BCUT2D eigenvalue weighted by molar-refractivity contribution is 7.89. The highest BCUT2D eigenvalue weighted by atomic mass is 32.2. The molecule has 0 spiro atoms. The summed E-state index contributed by atoms with van der Waals surface area (Å²) in [6, 6.07) is 16.7. The van der Waals surface area contributed by atoms with Crippen molar-refractivity contribution in [2.24, 2.45) is 0 Å². The van der Waals surface area contributed by atoms with Gasteiger partial charge in [0.05, 0.1) is 23.5 Å². The molecule has 0 aliphatic heterocycles. The Morgan fingerprint density at radius 3 is 2.41 bits per heavy atom. The lowest BCUT2D eigenvalue weighted by molar-refractivity contribution is 0.316. The topological polar surface area (TPSA) is 79.2 Å². The van der Waals surface area contributed by atoms with Crippen LogP contribution in [0.4, 0.5) is 0 Å². The number of aryl methyl sites for hydroxylation is 1. The van der Waals surface area contributed by atoms with Crippen LogP contribution in [0.5, 0.6) is 5.75 Å². The Kier molecular flexibility index (Phi) is 5.54. The normalized spacial score (nSPS) is 22.8. The van der Waals surface area contributed by atoms with Gasteiger partial charge in [-0.05, 0) is 62.4 Å². The summed E-state index contributed by atoms with van der Waals surface area (Å²) in [5, 5.41) is 9.85. The molecule has 2 aromatic rings. The van der Waals surface area contributed by atoms with Crippen molar-refractivity contribution in [3.8, 4) is 11.8 Å². The van der Waals surface area contributed by atoms with Gasteiger partial charge in [0.15, 0.2) is 0 Å². The fourth-order valence-corrected chi connectivity index (χ4v) is 4.92. The van der Waals surface area contributed by atoms with Crippen molar-refractivity contribution in [1.29, 1.82) is 5.26 Å². The van der Waals surface area contributed by atoms with Gasteiger partial charge in [0, 0.05) is 6.04 Å². The number of rotatable bonds is 5. The predicted molar refractivity (Wildman–Crippen MR) is 104 cm³/mol. The van der Waals surface area contributed by atoms with E-state index in [0.717, 1.165) is 16.9 Å². The lowest BCUT2D eigenvalue weighted by Gasteiger charge is -2.35. The second kappa shape index (κ2) is 7.71. The number of methoxy groups -OCH3 is 1. The van der Waals surface area contributed by atoms with Crippen LogP contribution in [0.2, 0.25) is 0 Å². The summed E-state index contributed by atoms with van der Waals surface area (Å²) in [4.78, 5) is 0.276. The number of hydrogen-bond acceptors (Lipinski definition) is 4. The van der Waals surface area contributed by atoms with Crippen LogP contribution in [-0.4, -0.2) is 21.6 Å². The highest BCUT2D eigenvalue weighted by Crippen LogP contribution is 2.40. The Morgan fingerprint density at radius 1 is 1.15 bits per heavy atom. The average molecular weight is 385 g/mol. The van der Waals surface area contributed by atoms with E-state index >= 15 is 0 Å². The third-order valence-corrected chi connectivity index (χ3v) is 6.86. The van der Waals surface area contributed by atoms with E-state index in [0.29, 0.717) is 25.7 Å². The maximum Gasteiger partial charge on any atom is 0.240 e. The smallest absolute Gasteiger partial charge is 0.240 e. The van der Waals surface area contributed by atoms with Gasteiger partial charge in [0.25, 0.3) is 0 Å². The van der Waals surface area contributed by atoms with E-state index < -0.39 is 15.4 Å². The molecule has 6 heteroatoms. The standard InChI is InChI=1S/C21H24N2O3S/c1-16-6-8-20(9-7-16)27(24,25)23-18-10-12-21(15-22,13-11-18)17-4-3-5-19(14-17)26-2/h3-9,14,18,23H,10-13H2,1-2H3/t18-,21-. The number of sulfonamides is 1. The zero-order chi connectivity index (χ0) is 19.5. The maximum absolute atomic E-state index is 12.6. The zero-order valence-corrected chi connectivity index (χ0v) is 16.4. The summed E-state index contributed by atoms with van der Waals surface area (Å²) in [5.74, 6) is 0.726. The maximum atomic E-state index is 12.6. The van der Waals surface area contributed by atoms with Crippen LogP contribution >= 0.6 is 0 Å². The van der Waals surface area contributed by atoms with Gasteiger partial charge in [0.1, 0.15) is 5.75 Å². The number of benzene rings is 2. The molecule has 0 atom stereocenters. The van der Waals surface area contributed by atoms with Crippen LogP contribution in [-0.2, 0) is 15.4 Å². The minimum Gasteiger partial charge on any atom is -0.497 e. The van der Waals surface area contributed by atoms with E-state index in [9.17, 15) is 13.7 Å². The van der Waals surface area contributed by atoms with Crippen molar-refractivity contribution in [1.82, 2.24) is 4.72 Å². The van der Waals surface area contributed by atoms with Crippen LogP contribution < -0.4 is 9.46 Å². The number of nitrogens with one attached hydrogen (secondary N) is 1. The molecule has 0 amide bonds. The Bertz CT molecular complexity index is 938. The first kappa shape index (κ1) is 19.4. The molecule has 0 aromatic heterocycles. The fourth-order valence-electron chi connectivity index (χ4n) is 3.62. The molecule has 0 saturated heterocycles. The Balaban J connectivity index is 1.72. The Labute approximate surface area is 161 Å². The van der Waals surface area contributed by atoms with Crippen molar-refractivity contribution < 1.29 is 13.2 Å². The van der Waals surface area contributed by atoms with E-state index in [1.165, 1.54) is 0 Å². The lowest BCUT2D eigenvalue weighted by Crippen LogP contribution is -2.41. The highest BCUT2D eigenvalue weighted by Gasteiger charge is 2.38. The summed E-state index contributed by atoms with van der Waals surface area (Å²) in [6.07, 6.45) is 2.46. The van der Waals surface area contributed by atoms with E-state index in [-0.39, 0.29) is 10.9 Å². The molecule has 2 aromatic carbocycles. The predicted octanol–water partition coefficient (Wildman–Crippen LogP) is 3.69. The van der Waals surface area contributed by atoms with Gasteiger partial charge in [-0.25, -0.2) is 13.1 Å². The molecule has 1 aliphatic rings. The van der Waals surface area contributed by atoms with Gasteiger partial charge < -0.3 is 4.74 Å². The third-order valence-electron chi connectivity index (χ3n) is 5.33. The molecule has 1 aliphatic carbocycles. The quantitative estimate of drug-likeness (QED) is 0.853. The zero-order valence-electron chi connectivity index (χ0n) is 15.6. The Hall–Kier alpha value is -2.36. The van der Waals surface area contributed by atoms with Crippen molar-refractivity contribution in [2.45, 2.75) is 49.0 Å². The van der Waals surface area contributed by atoms with Gasteiger partial charge in [-0.2, -0.15) is 5.26 Å². The van der Waals surface area contributed by atoms with Gasteiger partial charge in [0.2, 0.25) is 10.0 Å². The summed E-state index contributed by atoms with van der Waals surface area (Å²) in [6.45, 7) is 1.92. The van der Waals surface area contributed by atoms with Crippen molar-refractivity contribution in [3.63, 3.8) is 0 Å². The van der Waals surface area contributed by atoms with E-state index in [1.807, 2.05) is 31.2 Å². The molecule has 1 saturated carbocycles. The van der Waals surface area contributed by atoms with Crippen molar-refractivity contribution in [2.75, 3.05) is 7.11 Å². The summed E-state index contributed by atoms with van der Waals surface area (Å²) in [7, 11) is -1.94. The molecule has 1 fully saturated rings. The molecule has 0 unspecified atom stereocenters. The first-order valence-electron chi connectivity index (χ1n) is 9.03. The van der Waals surface area contributed by atoms with Crippen LogP contribution in [0, 0.1) is 18.3 Å². The van der Waals surface area contributed by atoms with Gasteiger partial charge >= 0.3 is 0 Å². The molecule has 1 N–H and O–H groups in total. The molecular formula is C21H24N2O3S. The number of nitrogens with zero attached hydrogens (tertiary/aromatic N) is 1. The summed E-state index contributed by atoms with van der Waals surface area (Å²) < 4.78 is 33.3. The molecular weight excluding hydrogens is 360 g/mol.